The van der Waals surface area contributed by atoms with E-state index in [1.165, 1.54) is 0 Å². The number of anilines is 1. The first-order chi connectivity index (χ1) is 15.4. The number of rotatable bonds is 5. The van der Waals surface area contributed by atoms with Crippen molar-refractivity contribution in [1.29, 1.82) is 0 Å². The Morgan fingerprint density at radius 1 is 1.09 bits per heavy atom. The van der Waals surface area contributed by atoms with E-state index in [2.05, 4.69) is 23.7 Å². The second-order valence-corrected chi connectivity index (χ2v) is 8.27. The molecule has 0 N–H and O–H groups in total. The fraction of sp³-hybridized carbons (Fsp3) is 0.458. The number of hydrogen-bond donors (Lipinski definition) is 0. The van der Waals surface area contributed by atoms with Crippen molar-refractivity contribution in [2.24, 2.45) is 0 Å². The molecule has 0 aliphatic carbocycles. The van der Waals surface area contributed by atoms with Crippen LogP contribution in [0.3, 0.4) is 0 Å². The molecule has 4 rings (SSSR count). The Bertz CT molecular complexity index is 996. The molecule has 2 aromatic rings. The molecule has 1 aromatic carbocycles. The van der Waals surface area contributed by atoms with Crippen molar-refractivity contribution in [3.63, 3.8) is 0 Å². The Kier molecular flexibility index (Phi) is 6.48. The molecule has 3 heterocycles. The van der Waals surface area contributed by atoms with Gasteiger partial charge in [-0.05, 0) is 30.7 Å². The van der Waals surface area contributed by atoms with E-state index in [1.54, 1.807) is 19.3 Å². The first-order valence-corrected chi connectivity index (χ1v) is 11.0. The Balaban J connectivity index is 1.40. The molecule has 0 radical (unpaired) electrons. The Morgan fingerprint density at radius 3 is 2.56 bits per heavy atom. The van der Waals surface area contributed by atoms with E-state index < -0.39 is 0 Å². The minimum Gasteiger partial charge on any atom is -0.493 e. The number of hydrogen-bond acceptors (Lipinski definition) is 7. The lowest BCUT2D eigenvalue weighted by molar-refractivity contribution is -0.126. The van der Waals surface area contributed by atoms with Gasteiger partial charge >= 0.3 is 0 Å². The van der Waals surface area contributed by atoms with Crippen molar-refractivity contribution in [2.45, 2.75) is 26.7 Å². The number of piperazine rings is 1. The molecule has 1 fully saturated rings. The summed E-state index contributed by atoms with van der Waals surface area (Å²) in [5.74, 6) is 3.91. The second-order valence-electron chi connectivity index (χ2n) is 8.27. The van der Waals surface area contributed by atoms with Crippen LogP contribution in [0.5, 0.6) is 17.2 Å². The average Bonchev–Trinajstić information content (AvgIpc) is 2.81. The summed E-state index contributed by atoms with van der Waals surface area (Å²) >= 11 is 0. The third kappa shape index (κ3) is 4.79. The van der Waals surface area contributed by atoms with Gasteiger partial charge in [-0.1, -0.05) is 13.8 Å². The summed E-state index contributed by atoms with van der Waals surface area (Å²) in [6.45, 7) is 9.96. The average molecular weight is 439 g/mol. The summed E-state index contributed by atoms with van der Waals surface area (Å²) in [4.78, 5) is 26.1. The highest BCUT2D eigenvalue weighted by atomic mass is 16.6. The van der Waals surface area contributed by atoms with Crippen LogP contribution in [-0.2, 0) is 4.79 Å². The maximum Gasteiger partial charge on any atom is 0.246 e. The van der Waals surface area contributed by atoms with Gasteiger partial charge in [-0.2, -0.15) is 0 Å². The van der Waals surface area contributed by atoms with Gasteiger partial charge in [0.2, 0.25) is 11.7 Å². The first-order valence-electron chi connectivity index (χ1n) is 11.0. The van der Waals surface area contributed by atoms with Crippen LogP contribution in [-0.4, -0.2) is 67.3 Å². The molecule has 0 spiro atoms. The van der Waals surface area contributed by atoms with Gasteiger partial charge in [-0.15, -0.1) is 0 Å². The Labute approximate surface area is 188 Å². The van der Waals surface area contributed by atoms with Crippen LogP contribution in [0.15, 0.2) is 24.3 Å². The normalized spacial score (nSPS) is 16.0. The number of ether oxygens (including phenoxy) is 3. The number of aryl methyl sites for hydroxylation is 1. The van der Waals surface area contributed by atoms with Gasteiger partial charge in [0, 0.05) is 49.9 Å². The highest BCUT2D eigenvalue weighted by Crippen LogP contribution is 2.40. The third-order valence-electron chi connectivity index (χ3n) is 5.56. The zero-order valence-electron chi connectivity index (χ0n) is 19.1. The highest BCUT2D eigenvalue weighted by Gasteiger charge is 2.22. The van der Waals surface area contributed by atoms with Crippen LogP contribution in [0.25, 0.3) is 6.08 Å². The van der Waals surface area contributed by atoms with Crippen LogP contribution < -0.4 is 19.1 Å². The number of nitrogens with zero attached hydrogens (tertiary/aromatic N) is 4. The Hall–Kier alpha value is -3.29. The molecule has 32 heavy (non-hydrogen) atoms. The van der Waals surface area contributed by atoms with Crippen molar-refractivity contribution in [3.05, 3.63) is 41.4 Å². The van der Waals surface area contributed by atoms with Gasteiger partial charge in [-0.3, -0.25) is 4.79 Å². The summed E-state index contributed by atoms with van der Waals surface area (Å²) in [6, 6.07) is 5.72. The third-order valence-corrected chi connectivity index (χ3v) is 5.56. The minimum absolute atomic E-state index is 0.0137. The molecule has 2 aliphatic heterocycles. The van der Waals surface area contributed by atoms with E-state index in [-0.39, 0.29) is 11.8 Å². The number of carbonyl (C=O) groups is 1. The molecule has 0 saturated carbocycles. The summed E-state index contributed by atoms with van der Waals surface area (Å²) in [6.07, 6.45) is 3.39. The molecule has 0 bridgehead atoms. The lowest BCUT2D eigenvalue weighted by atomic mass is 10.1. The lowest BCUT2D eigenvalue weighted by Gasteiger charge is -2.35. The summed E-state index contributed by atoms with van der Waals surface area (Å²) in [7, 11) is 1.59. The van der Waals surface area contributed by atoms with Crippen LogP contribution in [0.1, 0.15) is 36.8 Å². The van der Waals surface area contributed by atoms with Crippen LogP contribution in [0.4, 0.5) is 5.82 Å². The van der Waals surface area contributed by atoms with E-state index in [4.69, 9.17) is 19.2 Å². The number of amides is 1. The molecule has 1 aromatic heterocycles. The van der Waals surface area contributed by atoms with E-state index in [1.807, 2.05) is 30.0 Å². The largest absolute Gasteiger partial charge is 0.493 e. The van der Waals surface area contributed by atoms with Crippen molar-refractivity contribution in [2.75, 3.05) is 51.4 Å². The van der Waals surface area contributed by atoms with Gasteiger partial charge in [0.25, 0.3) is 0 Å². The zero-order valence-corrected chi connectivity index (χ0v) is 19.1. The van der Waals surface area contributed by atoms with E-state index in [0.29, 0.717) is 43.6 Å². The lowest BCUT2D eigenvalue weighted by Crippen LogP contribution is -2.48. The molecule has 8 heteroatoms. The van der Waals surface area contributed by atoms with Gasteiger partial charge < -0.3 is 24.0 Å². The summed E-state index contributed by atoms with van der Waals surface area (Å²) in [5.41, 5.74) is 1.80. The predicted molar refractivity (Wildman–Crippen MR) is 123 cm³/mol. The van der Waals surface area contributed by atoms with Crippen LogP contribution >= 0.6 is 0 Å². The van der Waals surface area contributed by atoms with E-state index in [9.17, 15) is 4.79 Å². The van der Waals surface area contributed by atoms with Gasteiger partial charge in [0.05, 0.1) is 7.11 Å². The highest BCUT2D eigenvalue weighted by molar-refractivity contribution is 5.92. The molecule has 1 amide bonds. The smallest absolute Gasteiger partial charge is 0.246 e. The second kappa shape index (κ2) is 9.46. The van der Waals surface area contributed by atoms with Crippen molar-refractivity contribution in [1.82, 2.24) is 14.9 Å². The van der Waals surface area contributed by atoms with Crippen LogP contribution in [0, 0.1) is 6.92 Å². The number of benzene rings is 1. The van der Waals surface area contributed by atoms with E-state index >= 15 is 0 Å². The first kappa shape index (κ1) is 21.9. The molecule has 0 atom stereocenters. The van der Waals surface area contributed by atoms with E-state index in [0.717, 1.165) is 36.0 Å². The molecular weight excluding hydrogens is 408 g/mol. The molecule has 170 valence electrons. The maximum atomic E-state index is 12.8. The maximum absolute atomic E-state index is 12.8. The van der Waals surface area contributed by atoms with Gasteiger partial charge in [0.1, 0.15) is 24.9 Å². The summed E-state index contributed by atoms with van der Waals surface area (Å²) < 4.78 is 16.7. The quantitative estimate of drug-likeness (QED) is 0.664. The van der Waals surface area contributed by atoms with Crippen molar-refractivity contribution >= 4 is 17.8 Å². The van der Waals surface area contributed by atoms with Crippen molar-refractivity contribution < 1.29 is 19.0 Å². The van der Waals surface area contributed by atoms with Gasteiger partial charge in [0.15, 0.2) is 11.5 Å². The van der Waals surface area contributed by atoms with Crippen molar-refractivity contribution in [3.8, 4) is 17.2 Å². The zero-order chi connectivity index (χ0) is 22.7. The SMILES string of the molecule is COc1cc(/C=C/C(=O)N2CCN(c3cc(C)nc(C(C)C)n3)CC2)cc2c1OCCO2. The number of fused-ring (bicyclic) bond motifs is 1. The monoisotopic (exact) mass is 438 g/mol. The standard InChI is InChI=1S/C24H30N4O4/c1-16(2)24-25-17(3)13-21(26-24)27-7-9-28(10-8-27)22(29)6-5-18-14-19(30-4)23-20(15-18)31-11-12-32-23/h5-6,13-16H,7-12H2,1-4H3/b6-5+. The fourth-order valence-electron chi connectivity index (χ4n) is 3.81. The number of methoxy groups -OCH3 is 1. The molecule has 0 unspecified atom stereocenters. The molecule has 1 saturated heterocycles. The predicted octanol–water partition coefficient (Wildman–Crippen LogP) is 3.05. The topological polar surface area (TPSA) is 77.0 Å². The molecular formula is C24H30N4O4. The summed E-state index contributed by atoms with van der Waals surface area (Å²) in [5, 5.41) is 0. The minimum atomic E-state index is -0.0137. The van der Waals surface area contributed by atoms with Crippen LogP contribution in [0.2, 0.25) is 0 Å². The number of carbonyl (C=O) groups excluding carboxylic acids is 1. The molecule has 2 aliphatic rings. The molecule has 8 nitrogen and oxygen atoms in total. The van der Waals surface area contributed by atoms with Gasteiger partial charge in [-0.25, -0.2) is 9.97 Å². The number of aromatic nitrogens is 2. The fourth-order valence-corrected chi connectivity index (χ4v) is 3.81. The Morgan fingerprint density at radius 2 is 1.84 bits per heavy atom.